The average Bonchev–Trinajstić information content (AvgIpc) is 2.38. The summed E-state index contributed by atoms with van der Waals surface area (Å²) in [5.41, 5.74) is 0.601. The molecule has 0 heterocycles. The van der Waals surface area contributed by atoms with Gasteiger partial charge in [-0.1, -0.05) is 26.8 Å². The first kappa shape index (κ1) is 11.8. The van der Waals surface area contributed by atoms with Gasteiger partial charge >= 0.3 is 0 Å². The van der Waals surface area contributed by atoms with Gasteiger partial charge in [-0.15, -0.1) is 6.58 Å². The lowest BCUT2D eigenvalue weighted by Crippen LogP contribution is -2.35. The first-order valence-corrected chi connectivity index (χ1v) is 5.65. The van der Waals surface area contributed by atoms with E-state index in [1.54, 1.807) is 6.08 Å². The number of aliphatic hydroxyl groups excluding tert-OH is 1. The van der Waals surface area contributed by atoms with Crippen LogP contribution in [0.25, 0.3) is 0 Å². The summed E-state index contributed by atoms with van der Waals surface area (Å²) in [6, 6.07) is 0. The molecule has 2 saturated carbocycles. The molecule has 0 radical (unpaired) electrons. The van der Waals surface area contributed by atoms with Crippen LogP contribution in [-0.2, 0) is 0 Å². The van der Waals surface area contributed by atoms with Crippen molar-refractivity contribution in [3.8, 4) is 0 Å². The van der Waals surface area contributed by atoms with Crippen molar-refractivity contribution < 1.29 is 5.11 Å². The zero-order valence-corrected chi connectivity index (χ0v) is 10.0. The molecule has 0 aliphatic heterocycles. The van der Waals surface area contributed by atoms with E-state index in [-0.39, 0.29) is 11.5 Å². The second-order valence-electron chi connectivity index (χ2n) is 5.53. The van der Waals surface area contributed by atoms with E-state index in [0.717, 1.165) is 12.3 Å². The molecule has 0 aromatic carbocycles. The lowest BCUT2D eigenvalue weighted by molar-refractivity contribution is 0.0126. The summed E-state index contributed by atoms with van der Waals surface area (Å²) in [6.07, 6.45) is 5.33. The standard InChI is InChI=1S/C10H18O.C3H6/c1-9(2)7-4-5-10(9,3)8(11)6-7;1-3-2/h7-8,11H,4-6H2,1-3H3;3H,1H2,2H3/t7-,8+,10-;/m1./s1. The highest BCUT2D eigenvalue weighted by molar-refractivity contribution is 5.10. The molecule has 2 aliphatic rings. The van der Waals surface area contributed by atoms with Crippen LogP contribution in [0.2, 0.25) is 0 Å². The minimum atomic E-state index is -0.0313. The summed E-state index contributed by atoms with van der Waals surface area (Å²) in [4.78, 5) is 0. The second-order valence-corrected chi connectivity index (χ2v) is 5.53. The molecule has 82 valence electrons. The van der Waals surface area contributed by atoms with E-state index in [1.165, 1.54) is 12.8 Å². The fourth-order valence-corrected chi connectivity index (χ4v) is 3.16. The Morgan fingerprint density at radius 3 is 2.00 bits per heavy atom. The Bertz CT molecular complexity index is 219. The fraction of sp³-hybridized carbons (Fsp3) is 0.846. The fourth-order valence-electron chi connectivity index (χ4n) is 3.16. The van der Waals surface area contributed by atoms with Crippen molar-refractivity contribution in [2.45, 2.75) is 53.1 Å². The number of hydrogen-bond donors (Lipinski definition) is 1. The lowest BCUT2D eigenvalue weighted by atomic mass is 9.70. The molecule has 2 aliphatic carbocycles. The van der Waals surface area contributed by atoms with Crippen molar-refractivity contribution in [3.05, 3.63) is 12.7 Å². The number of rotatable bonds is 0. The molecule has 0 aromatic heterocycles. The highest BCUT2D eigenvalue weighted by atomic mass is 16.3. The maximum absolute atomic E-state index is 9.81. The van der Waals surface area contributed by atoms with Crippen LogP contribution in [0.5, 0.6) is 0 Å². The predicted molar refractivity (Wildman–Crippen MR) is 61.1 cm³/mol. The van der Waals surface area contributed by atoms with Crippen molar-refractivity contribution in [2.24, 2.45) is 16.7 Å². The van der Waals surface area contributed by atoms with Crippen LogP contribution in [0, 0.1) is 16.7 Å². The predicted octanol–water partition coefficient (Wildman–Crippen LogP) is 3.39. The average molecular weight is 196 g/mol. The van der Waals surface area contributed by atoms with E-state index in [0.29, 0.717) is 5.41 Å². The molecular formula is C13H24O. The van der Waals surface area contributed by atoms with Gasteiger partial charge in [0.15, 0.2) is 0 Å². The third kappa shape index (κ3) is 1.42. The topological polar surface area (TPSA) is 20.2 Å². The molecule has 0 amide bonds. The minimum absolute atomic E-state index is 0.0313. The number of hydrogen-bond acceptors (Lipinski definition) is 1. The summed E-state index contributed by atoms with van der Waals surface area (Å²) >= 11 is 0. The van der Waals surface area contributed by atoms with Crippen molar-refractivity contribution in [3.63, 3.8) is 0 Å². The molecule has 3 atom stereocenters. The van der Waals surface area contributed by atoms with E-state index in [9.17, 15) is 5.11 Å². The summed E-state index contributed by atoms with van der Waals surface area (Å²) < 4.78 is 0. The van der Waals surface area contributed by atoms with Crippen LogP contribution in [0.3, 0.4) is 0 Å². The van der Waals surface area contributed by atoms with Crippen LogP contribution >= 0.6 is 0 Å². The molecule has 2 bridgehead atoms. The third-order valence-corrected chi connectivity index (χ3v) is 4.75. The van der Waals surface area contributed by atoms with Gasteiger partial charge in [-0.05, 0) is 42.9 Å². The Balaban J connectivity index is 0.000000293. The molecule has 0 aromatic rings. The quantitative estimate of drug-likeness (QED) is 0.589. The van der Waals surface area contributed by atoms with Crippen LogP contribution in [-0.4, -0.2) is 11.2 Å². The monoisotopic (exact) mass is 196 g/mol. The molecule has 0 unspecified atom stereocenters. The van der Waals surface area contributed by atoms with Gasteiger partial charge < -0.3 is 5.11 Å². The van der Waals surface area contributed by atoms with Crippen molar-refractivity contribution >= 4 is 0 Å². The Labute approximate surface area is 88.2 Å². The molecule has 1 N–H and O–H groups in total. The van der Waals surface area contributed by atoms with Crippen LogP contribution in [0.4, 0.5) is 0 Å². The van der Waals surface area contributed by atoms with Gasteiger partial charge in [0, 0.05) is 0 Å². The van der Waals surface area contributed by atoms with Crippen LogP contribution < -0.4 is 0 Å². The maximum Gasteiger partial charge on any atom is 0.0601 e. The molecule has 2 rings (SSSR count). The van der Waals surface area contributed by atoms with E-state index in [2.05, 4.69) is 27.4 Å². The third-order valence-electron chi connectivity index (χ3n) is 4.75. The first-order chi connectivity index (χ1) is 6.40. The van der Waals surface area contributed by atoms with Crippen molar-refractivity contribution in [2.75, 3.05) is 0 Å². The van der Waals surface area contributed by atoms with E-state index >= 15 is 0 Å². The molecule has 2 fully saturated rings. The maximum atomic E-state index is 9.81. The molecule has 1 nitrogen and oxygen atoms in total. The van der Waals surface area contributed by atoms with Gasteiger partial charge in [-0.3, -0.25) is 0 Å². The Morgan fingerprint density at radius 1 is 1.36 bits per heavy atom. The van der Waals surface area contributed by atoms with Gasteiger partial charge in [-0.2, -0.15) is 0 Å². The Hall–Kier alpha value is -0.300. The van der Waals surface area contributed by atoms with Gasteiger partial charge in [0.25, 0.3) is 0 Å². The summed E-state index contributed by atoms with van der Waals surface area (Å²) in [6.45, 7) is 12.1. The zero-order valence-electron chi connectivity index (χ0n) is 10.0. The van der Waals surface area contributed by atoms with Gasteiger partial charge in [0.2, 0.25) is 0 Å². The number of fused-ring (bicyclic) bond motifs is 2. The van der Waals surface area contributed by atoms with E-state index < -0.39 is 0 Å². The van der Waals surface area contributed by atoms with Gasteiger partial charge in [0.1, 0.15) is 0 Å². The zero-order chi connectivity index (χ0) is 11.0. The first-order valence-electron chi connectivity index (χ1n) is 5.65. The molecule has 1 heteroatoms. The highest BCUT2D eigenvalue weighted by Gasteiger charge is 2.60. The second kappa shape index (κ2) is 3.69. The Kier molecular flexibility index (Phi) is 3.10. The van der Waals surface area contributed by atoms with Crippen LogP contribution in [0.15, 0.2) is 12.7 Å². The smallest absolute Gasteiger partial charge is 0.0601 e. The largest absolute Gasteiger partial charge is 0.393 e. The van der Waals surface area contributed by atoms with Gasteiger partial charge in [-0.25, -0.2) is 0 Å². The summed E-state index contributed by atoms with van der Waals surface area (Å²) in [5, 5.41) is 9.81. The van der Waals surface area contributed by atoms with Gasteiger partial charge in [0.05, 0.1) is 6.10 Å². The van der Waals surface area contributed by atoms with Crippen LogP contribution in [0.1, 0.15) is 47.0 Å². The minimum Gasteiger partial charge on any atom is -0.393 e. The molecule has 0 spiro atoms. The van der Waals surface area contributed by atoms with Crippen molar-refractivity contribution in [1.29, 1.82) is 0 Å². The van der Waals surface area contributed by atoms with E-state index in [4.69, 9.17) is 0 Å². The summed E-state index contributed by atoms with van der Waals surface area (Å²) in [5.74, 6) is 0.780. The molecule has 0 saturated heterocycles. The SMILES string of the molecule is C=CC.CC1(C)[C@@H]2CC[C@]1(C)[C@@H](O)C2. The molecule has 14 heavy (non-hydrogen) atoms. The Morgan fingerprint density at radius 2 is 1.86 bits per heavy atom. The molecular weight excluding hydrogens is 172 g/mol. The van der Waals surface area contributed by atoms with E-state index in [1.807, 2.05) is 6.92 Å². The normalized spacial score (nSPS) is 42.9. The highest BCUT2D eigenvalue weighted by Crippen LogP contribution is 2.65. The van der Waals surface area contributed by atoms with Crippen molar-refractivity contribution in [1.82, 2.24) is 0 Å². The summed E-state index contributed by atoms with van der Waals surface area (Å²) in [7, 11) is 0. The number of aliphatic hydroxyl groups is 1. The number of allylic oxidation sites excluding steroid dienone is 1. The lowest BCUT2D eigenvalue weighted by Gasteiger charge is -2.36.